The zero-order chi connectivity index (χ0) is 66.7. The van der Waals surface area contributed by atoms with Crippen molar-refractivity contribution >= 4 is 105 Å². The summed E-state index contributed by atoms with van der Waals surface area (Å²) in [6.07, 6.45) is -12.6. The van der Waals surface area contributed by atoms with Crippen molar-refractivity contribution < 1.29 is 99.2 Å². The van der Waals surface area contributed by atoms with E-state index in [1.165, 1.54) is 84.4 Å². The Morgan fingerprint density at radius 3 is 1.06 bits per heavy atom. The third kappa shape index (κ3) is 22.4. The molecule has 0 atom stereocenters. The van der Waals surface area contributed by atoms with E-state index in [1.807, 2.05) is 0 Å². The number of hydrogen-bond acceptors (Lipinski definition) is 17. The Morgan fingerprint density at radius 1 is 0.444 bits per heavy atom. The number of carbonyl (C=O) groups excluding carboxylic acids is 2. The molecule has 4 aromatic heterocycles. The predicted molar refractivity (Wildman–Crippen MR) is 308 cm³/mol. The first kappa shape index (κ1) is 72.0. The van der Waals surface area contributed by atoms with E-state index in [0.29, 0.717) is 16.5 Å². The first-order valence-corrected chi connectivity index (χ1v) is 28.1. The molecule has 14 nitrogen and oxygen atoms in total. The zero-order valence-corrected chi connectivity index (χ0v) is 49.6. The van der Waals surface area contributed by atoms with Crippen molar-refractivity contribution in [2.45, 2.75) is 24.7 Å². The summed E-state index contributed by atoms with van der Waals surface area (Å²) in [6, 6.07) is 25.0. The highest BCUT2D eigenvalue weighted by Gasteiger charge is 2.37. The average molecular weight is 1440 g/mol. The maximum Gasteiger partial charge on any atom is 0.419 e. The van der Waals surface area contributed by atoms with Crippen LogP contribution in [0.4, 0.5) is 90.8 Å². The molecule has 0 saturated carbocycles. The number of nitrogens with two attached hydrogens (primary N) is 3. The summed E-state index contributed by atoms with van der Waals surface area (Å²) in [5.74, 6) is -6.77. The minimum atomic E-state index is -4.61. The van der Waals surface area contributed by atoms with E-state index in [2.05, 4.69) is 41.2 Å². The zero-order valence-electron chi connectivity index (χ0n) is 44.0. The van der Waals surface area contributed by atoms with E-state index in [9.17, 15) is 79.8 Å². The molecule has 4 heterocycles. The second-order valence-corrected chi connectivity index (χ2v) is 22.1. The maximum atomic E-state index is 13.6. The topological polar surface area (TPSA) is 224 Å². The normalized spacial score (nSPS) is 11.0. The lowest BCUT2D eigenvalue weighted by Gasteiger charge is -2.11. The molecule has 1 amide bonds. The van der Waals surface area contributed by atoms with Crippen LogP contribution in [-0.2, 0) is 24.7 Å². The molecule has 8 N–H and O–H groups in total. The van der Waals surface area contributed by atoms with Gasteiger partial charge in [0.1, 0.15) is 57.4 Å². The monoisotopic (exact) mass is 1440 g/mol. The first-order valence-electron chi connectivity index (χ1n) is 23.6. The van der Waals surface area contributed by atoms with Gasteiger partial charge in [-0.1, -0.05) is 106 Å². The van der Waals surface area contributed by atoms with Crippen LogP contribution in [0, 0.1) is 23.3 Å². The van der Waals surface area contributed by atoms with Gasteiger partial charge in [-0.25, -0.2) is 37.5 Å². The number of alkyl halides is 12. The van der Waals surface area contributed by atoms with Crippen LogP contribution in [0.25, 0.3) is 0 Å². The van der Waals surface area contributed by atoms with E-state index in [0.717, 1.165) is 105 Å². The summed E-state index contributed by atoms with van der Waals surface area (Å²) < 4.78 is 219. The first-order chi connectivity index (χ1) is 42.1. The molecule has 6 aromatic carbocycles. The number of hydrogen-bond donors (Lipinski definition) is 5. The molecule has 90 heavy (non-hydrogen) atoms. The number of aromatic nitrogens is 4. The molecule has 0 saturated heterocycles. The Bertz CT molecular complexity index is 3850. The molecule has 10 aromatic rings. The molecule has 0 spiro atoms. The highest BCUT2D eigenvalue weighted by molar-refractivity contribution is 9.11. The van der Waals surface area contributed by atoms with Gasteiger partial charge >= 0.3 is 24.7 Å². The van der Waals surface area contributed by atoms with Crippen molar-refractivity contribution in [3.63, 3.8) is 0 Å². The van der Waals surface area contributed by atoms with E-state index < -0.39 is 104 Å². The SMILES string of the molecule is Nc1ncc(Br)s1.Nc1ncc(Oc2ccccc2C(F)(F)F)s1.Nc1ncc(Oc2ccccc2C(F)(F)F)s1.O=C(Cl)c1c(F)cccc1F.O=C(Nc1ncc(Oc2ccccc2C(F)(F)F)s1)c1c(F)cccc1F.Oc1ccccc1C(F)(F)F. The van der Waals surface area contributed by atoms with Crippen LogP contribution in [0.1, 0.15) is 43.0 Å². The van der Waals surface area contributed by atoms with Gasteiger partial charge in [-0.15, -0.1) is 0 Å². The molecule has 36 heteroatoms. The number of nitrogen functional groups attached to an aromatic ring is 3. The largest absolute Gasteiger partial charge is 0.507 e. The lowest BCUT2D eigenvalue weighted by atomic mass is 10.2. The molecule has 0 unspecified atom stereocenters. The molecule has 0 radical (unpaired) electrons. The van der Waals surface area contributed by atoms with Crippen molar-refractivity contribution in [2.24, 2.45) is 0 Å². The highest BCUT2D eigenvalue weighted by Crippen LogP contribution is 2.43. The van der Waals surface area contributed by atoms with Crippen LogP contribution < -0.4 is 36.7 Å². The molecular formula is C54H34BrClF16N8O6S4. The summed E-state index contributed by atoms with van der Waals surface area (Å²) in [5, 5.41) is 11.2. The molecule has 0 fully saturated rings. The Hall–Kier alpha value is -8.77. The standard InChI is InChI=1S/C17H9F5N2O2S.2C10H7F3N2OS.C7H3ClF2O.C7H5F3O.C3H3BrN2S/c18-10-5-3-6-11(19)14(10)15(25)24-16-23-8-13(27-16)26-12-7-2-1-4-9(12)17(20,21)22;2*11-10(12,13)6-3-1-2-4-7(6)16-8-5-15-9(14)17-8;8-7(11)6-4(9)2-1-3-5(6)10;8-7(9,10)5-3-1-2-4-6(5)11;4-2-1-6-3(5)7-2/h1-8H,(H,23,24,25);2*1-5H,(H2,14,15);1-3H;1-4,11H;1H,(H2,5,6). The van der Waals surface area contributed by atoms with E-state index in [-0.39, 0.29) is 42.1 Å². The third-order valence-electron chi connectivity index (χ3n) is 9.97. The second kappa shape index (κ2) is 32.1. The minimum Gasteiger partial charge on any atom is -0.507 e. The quantitative estimate of drug-likeness (QED) is 0.0671. The molecule has 0 bridgehead atoms. The molecule has 0 aliphatic heterocycles. The van der Waals surface area contributed by atoms with E-state index in [4.69, 9.17) is 48.1 Å². The van der Waals surface area contributed by atoms with Crippen molar-refractivity contribution in [1.29, 1.82) is 0 Å². The molecule has 476 valence electrons. The third-order valence-corrected chi connectivity index (χ3v) is 13.7. The number of ether oxygens (including phenoxy) is 3. The second-order valence-electron chi connectivity index (χ2n) is 16.2. The smallest absolute Gasteiger partial charge is 0.419 e. The lowest BCUT2D eigenvalue weighted by molar-refractivity contribution is -0.139. The number of phenols is 1. The number of rotatable bonds is 9. The number of amides is 1. The number of nitrogens with one attached hydrogen (secondary N) is 1. The number of halogens is 18. The van der Waals surface area contributed by atoms with Crippen LogP contribution in [0.15, 0.2) is 162 Å². The maximum absolute atomic E-state index is 13.6. The lowest BCUT2D eigenvalue weighted by Crippen LogP contribution is -2.15. The fraction of sp³-hybridized carbons (Fsp3) is 0.0741. The molecule has 0 aliphatic carbocycles. The summed E-state index contributed by atoms with van der Waals surface area (Å²) in [7, 11) is 0. The predicted octanol–water partition coefficient (Wildman–Crippen LogP) is 18.8. The number of para-hydroxylation sites is 4. The number of benzene rings is 6. The van der Waals surface area contributed by atoms with Crippen LogP contribution in [0.3, 0.4) is 0 Å². The Kier molecular flexibility index (Phi) is 25.7. The van der Waals surface area contributed by atoms with Gasteiger partial charge in [0, 0.05) is 0 Å². The van der Waals surface area contributed by atoms with Crippen molar-refractivity contribution in [3.8, 4) is 38.2 Å². The highest BCUT2D eigenvalue weighted by atomic mass is 79.9. The van der Waals surface area contributed by atoms with Gasteiger partial charge in [0.25, 0.3) is 11.1 Å². The average Bonchev–Trinajstić information content (AvgIpc) is 1.57. The summed E-state index contributed by atoms with van der Waals surface area (Å²) in [6.45, 7) is 0. The summed E-state index contributed by atoms with van der Waals surface area (Å²) in [4.78, 5) is 37.3. The van der Waals surface area contributed by atoms with Crippen molar-refractivity contribution in [1.82, 2.24) is 19.9 Å². The van der Waals surface area contributed by atoms with Crippen molar-refractivity contribution in [3.05, 3.63) is 219 Å². The number of carbonyl (C=O) groups is 2. The van der Waals surface area contributed by atoms with Crippen molar-refractivity contribution in [2.75, 3.05) is 22.5 Å². The van der Waals surface area contributed by atoms with Crippen LogP contribution in [-0.4, -0.2) is 36.2 Å². The van der Waals surface area contributed by atoms with Gasteiger partial charge in [-0.3, -0.25) is 14.9 Å². The fourth-order valence-corrected chi connectivity index (χ4v) is 9.20. The molecule has 10 rings (SSSR count). The van der Waals surface area contributed by atoms with Crippen LogP contribution in [0.5, 0.6) is 38.2 Å². The molecular weight excluding hydrogens is 1400 g/mol. The number of aromatic hydroxyl groups is 1. The number of anilines is 4. The Labute approximate surface area is 524 Å². The summed E-state index contributed by atoms with van der Waals surface area (Å²) in [5.41, 5.74) is 10.9. The van der Waals surface area contributed by atoms with Crippen LogP contribution >= 0.6 is 72.9 Å². The van der Waals surface area contributed by atoms with E-state index >= 15 is 0 Å². The van der Waals surface area contributed by atoms with E-state index in [1.54, 1.807) is 6.20 Å². The van der Waals surface area contributed by atoms with Gasteiger partial charge < -0.3 is 36.5 Å². The van der Waals surface area contributed by atoms with Gasteiger partial charge in [-0.05, 0) is 100 Å². The Morgan fingerprint density at radius 2 is 0.767 bits per heavy atom. The minimum absolute atomic E-state index is 0.0454. The fourth-order valence-electron chi connectivity index (χ4n) is 6.24. The van der Waals surface area contributed by atoms with Gasteiger partial charge in [0.2, 0.25) is 15.2 Å². The number of nitrogens with zero attached hydrogens (tertiary/aromatic N) is 4. The van der Waals surface area contributed by atoms with Gasteiger partial charge in [0.05, 0.1) is 50.8 Å². The summed E-state index contributed by atoms with van der Waals surface area (Å²) >= 11 is 12.2. The Balaban J connectivity index is 0.000000206. The molecule has 0 aliphatic rings. The number of phenolic OH excluding ortho intramolecular Hbond substituents is 1. The number of thiazole rings is 4. The van der Waals surface area contributed by atoms with Gasteiger partial charge in [-0.2, -0.15) is 52.7 Å². The van der Waals surface area contributed by atoms with Gasteiger partial charge in [0.15, 0.2) is 20.5 Å². The van der Waals surface area contributed by atoms with Crippen LogP contribution in [0.2, 0.25) is 0 Å².